The molecule has 1 aliphatic heterocycles. The molecule has 0 unspecified atom stereocenters. The number of nitrogens with one attached hydrogen (secondary N) is 1. The molecule has 1 aliphatic rings. The van der Waals surface area contributed by atoms with Crippen LogP contribution in [0.1, 0.15) is 30.7 Å². The Morgan fingerprint density at radius 3 is 2.74 bits per heavy atom. The molecule has 2 aromatic heterocycles. The molecule has 0 atom stereocenters. The van der Waals surface area contributed by atoms with Crippen LogP contribution >= 0.6 is 0 Å². The van der Waals surface area contributed by atoms with Crippen molar-refractivity contribution in [2.24, 2.45) is 0 Å². The largest absolute Gasteiger partial charge is 0.368 e. The molecule has 3 heterocycles. The minimum Gasteiger partial charge on any atom is -0.368 e. The maximum absolute atomic E-state index is 12.0. The van der Waals surface area contributed by atoms with E-state index in [2.05, 4.69) is 20.4 Å². The van der Waals surface area contributed by atoms with Gasteiger partial charge in [0.05, 0.1) is 18.1 Å². The monoisotopic (exact) mass is 314 g/mol. The van der Waals surface area contributed by atoms with Crippen LogP contribution in [0.4, 0.5) is 5.82 Å². The van der Waals surface area contributed by atoms with Gasteiger partial charge in [-0.1, -0.05) is 0 Å². The van der Waals surface area contributed by atoms with Gasteiger partial charge in [-0.2, -0.15) is 5.10 Å². The van der Waals surface area contributed by atoms with Gasteiger partial charge in [-0.3, -0.25) is 9.78 Å². The summed E-state index contributed by atoms with van der Waals surface area (Å²) in [6, 6.07) is 2.00. The SMILES string of the molecule is Cc1cc(C)n(-c2cncc(NCCC(=O)N3CCCC3)n2)n1. The van der Waals surface area contributed by atoms with E-state index in [0.29, 0.717) is 24.6 Å². The van der Waals surface area contributed by atoms with Crippen molar-refractivity contribution in [1.29, 1.82) is 0 Å². The van der Waals surface area contributed by atoms with Crippen LogP contribution in [0.15, 0.2) is 18.5 Å². The van der Waals surface area contributed by atoms with Crippen LogP contribution in [0.3, 0.4) is 0 Å². The molecule has 0 saturated carbocycles. The molecule has 1 amide bonds. The van der Waals surface area contributed by atoms with E-state index in [1.54, 1.807) is 17.1 Å². The highest BCUT2D eigenvalue weighted by Gasteiger charge is 2.17. The van der Waals surface area contributed by atoms with E-state index in [-0.39, 0.29) is 5.91 Å². The summed E-state index contributed by atoms with van der Waals surface area (Å²) < 4.78 is 1.77. The number of likely N-dealkylation sites (tertiary alicyclic amines) is 1. The third-order valence-electron chi connectivity index (χ3n) is 3.95. The number of carbonyl (C=O) groups is 1. The zero-order valence-electron chi connectivity index (χ0n) is 13.6. The fourth-order valence-electron chi connectivity index (χ4n) is 2.83. The molecule has 0 aromatic carbocycles. The van der Waals surface area contributed by atoms with Crippen molar-refractivity contribution >= 4 is 11.7 Å². The molecule has 1 fully saturated rings. The average Bonchev–Trinajstić information content (AvgIpc) is 3.17. The first kappa shape index (κ1) is 15.5. The summed E-state index contributed by atoms with van der Waals surface area (Å²) in [6.45, 7) is 6.28. The van der Waals surface area contributed by atoms with Crippen LogP contribution in [0.5, 0.6) is 0 Å². The van der Waals surface area contributed by atoms with Crippen molar-refractivity contribution in [2.45, 2.75) is 33.1 Å². The van der Waals surface area contributed by atoms with Gasteiger partial charge in [0.25, 0.3) is 0 Å². The lowest BCUT2D eigenvalue weighted by Crippen LogP contribution is -2.29. The summed E-state index contributed by atoms with van der Waals surface area (Å²) in [5.41, 5.74) is 1.96. The maximum Gasteiger partial charge on any atom is 0.224 e. The van der Waals surface area contributed by atoms with Gasteiger partial charge < -0.3 is 10.2 Å². The van der Waals surface area contributed by atoms with E-state index >= 15 is 0 Å². The van der Waals surface area contributed by atoms with Crippen molar-refractivity contribution in [1.82, 2.24) is 24.6 Å². The lowest BCUT2D eigenvalue weighted by Gasteiger charge is -2.15. The first-order chi connectivity index (χ1) is 11.1. The Labute approximate surface area is 135 Å². The Morgan fingerprint density at radius 2 is 2.04 bits per heavy atom. The van der Waals surface area contributed by atoms with Crippen LogP contribution in [-0.2, 0) is 4.79 Å². The first-order valence-corrected chi connectivity index (χ1v) is 8.01. The molecule has 0 aliphatic carbocycles. The molecular formula is C16H22N6O. The van der Waals surface area contributed by atoms with E-state index in [1.807, 2.05) is 24.8 Å². The van der Waals surface area contributed by atoms with Gasteiger partial charge in [-0.05, 0) is 32.8 Å². The summed E-state index contributed by atoms with van der Waals surface area (Å²) in [5.74, 6) is 1.54. The predicted octanol–water partition coefficient (Wildman–Crippen LogP) is 1.70. The number of anilines is 1. The van der Waals surface area contributed by atoms with Crippen LogP contribution < -0.4 is 5.32 Å². The summed E-state index contributed by atoms with van der Waals surface area (Å²) in [5, 5.41) is 7.58. The number of carbonyl (C=O) groups excluding carboxylic acids is 1. The second kappa shape index (κ2) is 6.76. The number of hydrogen-bond donors (Lipinski definition) is 1. The molecule has 1 saturated heterocycles. The second-order valence-corrected chi connectivity index (χ2v) is 5.87. The molecule has 7 nitrogen and oxygen atoms in total. The number of nitrogens with zero attached hydrogens (tertiary/aromatic N) is 5. The number of rotatable bonds is 5. The van der Waals surface area contributed by atoms with Gasteiger partial charge in [0.1, 0.15) is 5.82 Å². The van der Waals surface area contributed by atoms with Gasteiger partial charge in [0.15, 0.2) is 5.82 Å². The number of aryl methyl sites for hydroxylation is 2. The van der Waals surface area contributed by atoms with Crippen LogP contribution in [-0.4, -0.2) is 50.2 Å². The molecular weight excluding hydrogens is 292 g/mol. The highest BCUT2D eigenvalue weighted by Crippen LogP contribution is 2.12. The Morgan fingerprint density at radius 1 is 1.26 bits per heavy atom. The third kappa shape index (κ3) is 3.67. The Kier molecular flexibility index (Phi) is 4.55. The van der Waals surface area contributed by atoms with Crippen LogP contribution in [0.25, 0.3) is 5.82 Å². The van der Waals surface area contributed by atoms with Crippen molar-refractivity contribution in [3.63, 3.8) is 0 Å². The summed E-state index contributed by atoms with van der Waals surface area (Å²) in [7, 11) is 0. The van der Waals surface area contributed by atoms with E-state index in [4.69, 9.17) is 0 Å². The quantitative estimate of drug-likeness (QED) is 0.909. The van der Waals surface area contributed by atoms with Gasteiger partial charge in [-0.15, -0.1) is 0 Å². The molecule has 1 N–H and O–H groups in total. The minimum absolute atomic E-state index is 0.206. The zero-order chi connectivity index (χ0) is 16.2. The van der Waals surface area contributed by atoms with E-state index in [0.717, 1.165) is 37.3 Å². The lowest BCUT2D eigenvalue weighted by molar-refractivity contribution is -0.129. The fourth-order valence-corrected chi connectivity index (χ4v) is 2.83. The van der Waals surface area contributed by atoms with Gasteiger partial charge in [0.2, 0.25) is 5.91 Å². The topological polar surface area (TPSA) is 75.9 Å². The smallest absolute Gasteiger partial charge is 0.224 e. The van der Waals surface area contributed by atoms with E-state index in [9.17, 15) is 4.79 Å². The highest BCUT2D eigenvalue weighted by atomic mass is 16.2. The number of amides is 1. The molecule has 0 spiro atoms. The molecule has 7 heteroatoms. The van der Waals surface area contributed by atoms with Crippen LogP contribution in [0, 0.1) is 13.8 Å². The average molecular weight is 314 g/mol. The van der Waals surface area contributed by atoms with Crippen molar-refractivity contribution in [3.8, 4) is 5.82 Å². The standard InChI is InChI=1S/C16H22N6O/c1-12-9-13(2)22(20-12)15-11-17-10-14(19-15)18-6-5-16(23)21-7-3-4-8-21/h9-11H,3-8H2,1-2H3,(H,18,19). The predicted molar refractivity (Wildman–Crippen MR) is 87.5 cm³/mol. The van der Waals surface area contributed by atoms with Gasteiger partial charge in [-0.25, -0.2) is 9.67 Å². The lowest BCUT2D eigenvalue weighted by atomic mass is 10.3. The third-order valence-corrected chi connectivity index (χ3v) is 3.95. The molecule has 23 heavy (non-hydrogen) atoms. The minimum atomic E-state index is 0.206. The first-order valence-electron chi connectivity index (χ1n) is 8.01. The molecule has 122 valence electrons. The molecule has 0 bridgehead atoms. The van der Waals surface area contributed by atoms with Gasteiger partial charge in [0, 0.05) is 31.7 Å². The maximum atomic E-state index is 12.0. The fraction of sp³-hybridized carbons (Fsp3) is 0.500. The Hall–Kier alpha value is -2.44. The molecule has 2 aromatic rings. The van der Waals surface area contributed by atoms with E-state index in [1.165, 1.54) is 0 Å². The summed E-state index contributed by atoms with van der Waals surface area (Å²) in [6.07, 6.45) is 6.06. The Balaban J connectivity index is 1.59. The van der Waals surface area contributed by atoms with Crippen LogP contribution in [0.2, 0.25) is 0 Å². The van der Waals surface area contributed by atoms with E-state index < -0.39 is 0 Å². The Bertz CT molecular complexity index is 690. The molecule has 3 rings (SSSR count). The second-order valence-electron chi connectivity index (χ2n) is 5.87. The zero-order valence-corrected chi connectivity index (χ0v) is 13.6. The molecule has 0 radical (unpaired) electrons. The summed E-state index contributed by atoms with van der Waals surface area (Å²) in [4.78, 5) is 22.7. The highest BCUT2D eigenvalue weighted by molar-refractivity contribution is 5.76. The normalized spacial score (nSPS) is 14.3. The van der Waals surface area contributed by atoms with Gasteiger partial charge >= 0.3 is 0 Å². The van der Waals surface area contributed by atoms with Crippen molar-refractivity contribution in [2.75, 3.05) is 25.0 Å². The number of aromatic nitrogens is 4. The number of hydrogen-bond acceptors (Lipinski definition) is 5. The summed E-state index contributed by atoms with van der Waals surface area (Å²) >= 11 is 0. The van der Waals surface area contributed by atoms with Crippen molar-refractivity contribution < 1.29 is 4.79 Å². The van der Waals surface area contributed by atoms with Crippen molar-refractivity contribution in [3.05, 3.63) is 29.8 Å².